The highest BCUT2D eigenvalue weighted by molar-refractivity contribution is 8.28. The Morgan fingerprint density at radius 2 is 1.10 bits per heavy atom. The highest BCUT2D eigenvalue weighted by atomic mass is 32.2. The van der Waals surface area contributed by atoms with Crippen molar-refractivity contribution in [2.45, 2.75) is 27.7 Å². The lowest BCUT2D eigenvalue weighted by molar-refractivity contribution is 1.27. The average Bonchev–Trinajstić information content (AvgIpc) is 2.70. The summed E-state index contributed by atoms with van der Waals surface area (Å²) in [6.45, 7) is 9.00. The minimum absolute atomic E-state index is 0.380. The van der Waals surface area contributed by atoms with Crippen molar-refractivity contribution in [2.75, 3.05) is 17.4 Å². The van der Waals surface area contributed by atoms with E-state index in [-0.39, 0.29) is 0 Å². The maximum Gasteiger partial charge on any atom is 0.278 e. The van der Waals surface area contributed by atoms with Crippen LogP contribution in [0.25, 0.3) is 0 Å². The predicted molar refractivity (Wildman–Crippen MR) is 137 cm³/mol. The van der Waals surface area contributed by atoms with Gasteiger partial charge in [-0.25, -0.2) is 23.2 Å². The van der Waals surface area contributed by atoms with Gasteiger partial charge in [-0.05, 0) is 74.2 Å². The molecule has 0 N–H and O–H groups in total. The van der Waals surface area contributed by atoms with Crippen molar-refractivity contribution >= 4 is 74.1 Å². The van der Waals surface area contributed by atoms with Gasteiger partial charge in [-0.15, -0.1) is 0 Å². The topological polar surface area (TPSA) is 3.24 Å². The number of nitrogens with zero attached hydrogens (tertiary/aromatic N) is 1. The Morgan fingerprint density at radius 1 is 0.655 bits per heavy atom. The first-order valence-corrected chi connectivity index (χ1v) is 12.7. The van der Waals surface area contributed by atoms with Crippen molar-refractivity contribution in [3.63, 3.8) is 0 Å². The molecule has 0 aromatic heterocycles. The summed E-state index contributed by atoms with van der Waals surface area (Å²) < 4.78 is 0. The lowest BCUT2D eigenvalue weighted by atomic mass is 9.49. The Morgan fingerprint density at radius 3 is 1.52 bits per heavy atom. The fourth-order valence-electron chi connectivity index (χ4n) is 5.25. The molecule has 29 heavy (non-hydrogen) atoms. The number of anilines is 3. The summed E-state index contributed by atoms with van der Waals surface area (Å²) in [7, 11) is 0. The smallest absolute Gasteiger partial charge is 0.278 e. The molecular weight excluding hydrogens is 388 g/mol. The molecule has 5 rings (SSSR count). The molecule has 2 aliphatic heterocycles. The molecule has 0 unspecified atom stereocenters. The molecule has 0 radical (unpaired) electrons. The molecule has 2 heterocycles. The quantitative estimate of drug-likeness (QED) is 0.586. The Hall–Kier alpha value is -1.71. The zero-order chi connectivity index (χ0) is 20.4. The van der Waals surface area contributed by atoms with Crippen molar-refractivity contribution in [2.24, 2.45) is 0 Å². The van der Waals surface area contributed by atoms with Gasteiger partial charge in [0.1, 0.15) is 0 Å². The second kappa shape index (κ2) is 6.92. The Kier molecular flexibility index (Phi) is 4.60. The molecule has 0 aliphatic carbocycles. The van der Waals surface area contributed by atoms with E-state index in [1.54, 1.807) is 0 Å². The second-order valence-corrected chi connectivity index (χ2v) is 10.3. The average molecular weight is 413 g/mol. The molecule has 3 aromatic rings. The van der Waals surface area contributed by atoms with Crippen molar-refractivity contribution in [3.8, 4) is 0 Å². The van der Waals surface area contributed by atoms with E-state index in [0.717, 1.165) is 0 Å². The third kappa shape index (κ3) is 2.67. The molecule has 0 saturated carbocycles. The number of aryl methyl sites for hydroxylation is 4. The third-order valence-electron chi connectivity index (χ3n) is 6.43. The SMILES string of the molecule is CSB1c2cc(C)ccc2N2c3ccc(C)cc3B(SC)c3c(C)cc(C)c1c32. The summed E-state index contributed by atoms with van der Waals surface area (Å²) in [5.74, 6) is 0.759. The highest BCUT2D eigenvalue weighted by Gasteiger charge is 2.43. The second-order valence-electron chi connectivity index (χ2n) is 8.38. The van der Waals surface area contributed by atoms with Gasteiger partial charge in [-0.2, -0.15) is 0 Å². The zero-order valence-electron chi connectivity index (χ0n) is 18.0. The van der Waals surface area contributed by atoms with Crippen molar-refractivity contribution < 1.29 is 0 Å². The Balaban J connectivity index is 1.94. The molecule has 0 spiro atoms. The molecule has 0 bridgehead atoms. The van der Waals surface area contributed by atoms with Crippen LogP contribution < -0.4 is 26.8 Å². The fraction of sp³-hybridized carbons (Fsp3) is 0.250. The maximum atomic E-state index is 2.56. The fourth-order valence-corrected chi connectivity index (χ4v) is 7.20. The Bertz CT molecular complexity index is 1070. The molecule has 1 nitrogen and oxygen atoms in total. The van der Waals surface area contributed by atoms with Crippen molar-refractivity contribution in [1.82, 2.24) is 0 Å². The number of rotatable bonds is 2. The largest absolute Gasteiger partial charge is 0.312 e. The van der Waals surface area contributed by atoms with Gasteiger partial charge < -0.3 is 4.90 Å². The minimum Gasteiger partial charge on any atom is -0.312 e. The molecule has 3 aromatic carbocycles. The van der Waals surface area contributed by atoms with E-state index in [9.17, 15) is 0 Å². The van der Waals surface area contributed by atoms with E-state index in [4.69, 9.17) is 0 Å². The van der Waals surface area contributed by atoms with Crippen LogP contribution in [0.4, 0.5) is 17.1 Å². The van der Waals surface area contributed by atoms with E-state index in [2.05, 4.69) is 87.6 Å². The molecule has 5 heteroatoms. The van der Waals surface area contributed by atoms with Gasteiger partial charge in [0, 0.05) is 17.1 Å². The normalized spacial score (nSPS) is 13.9. The van der Waals surface area contributed by atoms with Crippen LogP contribution in [-0.4, -0.2) is 24.5 Å². The van der Waals surface area contributed by atoms with Gasteiger partial charge in [0.2, 0.25) is 0 Å². The van der Waals surface area contributed by atoms with Crippen LogP contribution in [0.1, 0.15) is 22.3 Å². The molecule has 0 fully saturated rings. The van der Waals surface area contributed by atoms with Gasteiger partial charge in [0.05, 0.1) is 0 Å². The van der Waals surface area contributed by atoms with Crippen LogP contribution in [0.5, 0.6) is 0 Å². The zero-order valence-corrected chi connectivity index (χ0v) is 19.6. The van der Waals surface area contributed by atoms with Crippen LogP contribution in [0.15, 0.2) is 42.5 Å². The van der Waals surface area contributed by atoms with E-state index in [1.165, 1.54) is 61.2 Å². The van der Waals surface area contributed by atoms with E-state index in [0.29, 0.717) is 12.0 Å². The number of hydrogen-bond donors (Lipinski definition) is 0. The Labute approximate surface area is 183 Å². The van der Waals surface area contributed by atoms with Gasteiger partial charge in [-0.1, -0.05) is 52.6 Å². The van der Waals surface area contributed by atoms with Gasteiger partial charge in [0.25, 0.3) is 12.0 Å². The van der Waals surface area contributed by atoms with Crippen LogP contribution in [0.3, 0.4) is 0 Å². The van der Waals surface area contributed by atoms with Gasteiger partial charge in [-0.3, -0.25) is 0 Å². The van der Waals surface area contributed by atoms with Crippen LogP contribution in [0, 0.1) is 27.7 Å². The van der Waals surface area contributed by atoms with Gasteiger partial charge >= 0.3 is 0 Å². The highest BCUT2D eigenvalue weighted by Crippen LogP contribution is 2.40. The van der Waals surface area contributed by atoms with E-state index in [1.807, 2.05) is 23.2 Å². The summed E-state index contributed by atoms with van der Waals surface area (Å²) in [5, 5.41) is 0. The summed E-state index contributed by atoms with van der Waals surface area (Å²) in [6.07, 6.45) is 4.51. The van der Waals surface area contributed by atoms with E-state index < -0.39 is 0 Å². The first-order chi connectivity index (χ1) is 14.0. The van der Waals surface area contributed by atoms with Crippen LogP contribution in [0.2, 0.25) is 0 Å². The number of fused-ring (bicyclic) bond motifs is 4. The minimum atomic E-state index is 0.380. The maximum absolute atomic E-state index is 2.56. The summed E-state index contributed by atoms with van der Waals surface area (Å²) in [6, 6.07) is 16.4. The van der Waals surface area contributed by atoms with Crippen molar-refractivity contribution in [1.29, 1.82) is 0 Å². The van der Waals surface area contributed by atoms with Crippen LogP contribution in [-0.2, 0) is 0 Å². The summed E-state index contributed by atoms with van der Waals surface area (Å²) >= 11 is 3.93. The van der Waals surface area contributed by atoms with E-state index >= 15 is 0 Å². The molecular formula is C24H25B2NS2. The summed E-state index contributed by atoms with van der Waals surface area (Å²) in [5.41, 5.74) is 15.5. The number of benzene rings is 3. The monoisotopic (exact) mass is 413 g/mol. The molecule has 2 aliphatic rings. The van der Waals surface area contributed by atoms with Crippen LogP contribution >= 0.6 is 23.2 Å². The van der Waals surface area contributed by atoms with Gasteiger partial charge in [0.15, 0.2) is 0 Å². The summed E-state index contributed by atoms with van der Waals surface area (Å²) in [4.78, 5) is 2.56. The standard InChI is InChI=1S/C24H25B2NS2/c1-14-7-9-20-18(11-14)25(28-5)22-16(3)13-17(4)23-24(22)27(20)21-10-8-15(2)12-19(21)26(23)29-6/h7-13H,1-6H3. The molecule has 0 amide bonds. The first-order valence-electron chi connectivity index (χ1n) is 10.2. The molecule has 0 atom stereocenters. The molecule has 144 valence electrons. The number of hydrogen-bond acceptors (Lipinski definition) is 3. The predicted octanol–water partition coefficient (Wildman–Crippen LogP) is 3.95. The first kappa shape index (κ1) is 19.3. The lowest BCUT2D eigenvalue weighted by Gasteiger charge is -2.44. The lowest BCUT2D eigenvalue weighted by Crippen LogP contribution is -2.58. The van der Waals surface area contributed by atoms with Crippen molar-refractivity contribution in [3.05, 3.63) is 64.7 Å². The molecule has 0 saturated heterocycles. The third-order valence-corrected chi connectivity index (χ3v) is 8.35.